The smallest absolute Gasteiger partial charge is 0.251 e. The van der Waals surface area contributed by atoms with Gasteiger partial charge in [0.1, 0.15) is 17.9 Å². The number of fused-ring (bicyclic) bond motifs is 2. The molecule has 5 heteroatoms. The molecule has 218 valence electrons. The van der Waals surface area contributed by atoms with Crippen molar-refractivity contribution in [1.29, 1.82) is 0 Å². The van der Waals surface area contributed by atoms with Gasteiger partial charge in [-0.3, -0.25) is 4.79 Å². The van der Waals surface area contributed by atoms with Crippen LogP contribution in [-0.4, -0.2) is 62.4 Å². The second-order valence-corrected chi connectivity index (χ2v) is 13.7. The highest BCUT2D eigenvalue weighted by Crippen LogP contribution is 2.56. The molecule has 3 fully saturated rings. The Morgan fingerprint density at radius 2 is 1.78 bits per heavy atom. The Morgan fingerprint density at radius 3 is 2.51 bits per heavy atom. The molecular weight excluding hydrogens is 508 g/mol. The number of piperidine rings is 1. The van der Waals surface area contributed by atoms with Crippen molar-refractivity contribution in [3.63, 3.8) is 0 Å². The summed E-state index contributed by atoms with van der Waals surface area (Å²) in [5, 5.41) is 5.71. The third kappa shape index (κ3) is 5.39. The first-order chi connectivity index (χ1) is 19.8. The van der Waals surface area contributed by atoms with Crippen molar-refractivity contribution in [2.24, 2.45) is 11.8 Å². The predicted octanol–water partition coefficient (Wildman–Crippen LogP) is 6.74. The van der Waals surface area contributed by atoms with Gasteiger partial charge in [0.15, 0.2) is 0 Å². The number of methoxy groups -OCH3 is 2. The molecule has 2 aliphatic carbocycles. The number of quaternary nitrogens is 1. The van der Waals surface area contributed by atoms with Crippen LogP contribution in [0.25, 0.3) is 10.8 Å². The lowest BCUT2D eigenvalue weighted by molar-refractivity contribution is -0.945. The molecule has 4 atom stereocenters. The molecule has 1 N–H and O–H groups in total. The summed E-state index contributed by atoms with van der Waals surface area (Å²) in [6, 6.07) is 23.0. The van der Waals surface area contributed by atoms with Gasteiger partial charge in [-0.1, -0.05) is 56.3 Å². The van der Waals surface area contributed by atoms with Crippen LogP contribution in [0.4, 0.5) is 0 Å². The van der Waals surface area contributed by atoms with Crippen LogP contribution in [0.5, 0.6) is 5.75 Å². The Hall–Kier alpha value is -2.89. The minimum atomic E-state index is -0.286. The van der Waals surface area contributed by atoms with Crippen LogP contribution in [0.2, 0.25) is 0 Å². The van der Waals surface area contributed by atoms with E-state index in [2.05, 4.69) is 49.5 Å². The van der Waals surface area contributed by atoms with Gasteiger partial charge in [0.2, 0.25) is 0 Å². The van der Waals surface area contributed by atoms with E-state index in [-0.39, 0.29) is 23.0 Å². The number of rotatable bonds is 9. The molecule has 1 amide bonds. The molecule has 6 rings (SSSR count). The van der Waals surface area contributed by atoms with E-state index in [1.54, 1.807) is 7.11 Å². The minimum absolute atomic E-state index is 0.0148. The van der Waals surface area contributed by atoms with E-state index in [1.165, 1.54) is 31.5 Å². The summed E-state index contributed by atoms with van der Waals surface area (Å²) in [7, 11) is 3.68. The van der Waals surface area contributed by atoms with Gasteiger partial charge in [0, 0.05) is 42.4 Å². The standard InChI is InChI=1S/C36H46N2O3/c1-26(2)23-38(24-27-12-13-27)19-18-35(31-10-7-11-33(21-31)40-3)22-32(16-17-36(35,25-38)41-4)37-34(39)30-15-14-28-8-5-6-9-29(28)20-30/h5-11,14-15,20-21,26-27,32H,12-13,16-19,22-25H2,1-4H3/p+1/t32-,35+,36?,38-/m0/s1. The van der Waals surface area contributed by atoms with Gasteiger partial charge >= 0.3 is 0 Å². The number of ether oxygens (including phenoxy) is 2. The van der Waals surface area contributed by atoms with Crippen LogP contribution < -0.4 is 10.1 Å². The Morgan fingerprint density at radius 1 is 0.976 bits per heavy atom. The summed E-state index contributed by atoms with van der Waals surface area (Å²) in [6.07, 6.45) is 6.54. The van der Waals surface area contributed by atoms with E-state index < -0.39 is 0 Å². The highest BCUT2D eigenvalue weighted by atomic mass is 16.5. The van der Waals surface area contributed by atoms with Gasteiger partial charge in [-0.15, -0.1) is 0 Å². The number of nitrogens with zero attached hydrogens (tertiary/aromatic N) is 1. The number of nitrogens with one attached hydrogen (secondary N) is 1. The minimum Gasteiger partial charge on any atom is -0.497 e. The van der Waals surface area contributed by atoms with E-state index in [4.69, 9.17) is 9.47 Å². The quantitative estimate of drug-likeness (QED) is 0.298. The molecule has 0 aromatic heterocycles. The molecule has 1 heterocycles. The van der Waals surface area contributed by atoms with Crippen molar-refractivity contribution >= 4 is 16.7 Å². The van der Waals surface area contributed by atoms with E-state index in [9.17, 15) is 4.79 Å². The van der Waals surface area contributed by atoms with Crippen LogP contribution in [0.1, 0.15) is 68.3 Å². The highest BCUT2D eigenvalue weighted by molar-refractivity contribution is 5.98. The maximum atomic E-state index is 13.6. The van der Waals surface area contributed by atoms with E-state index in [1.807, 2.05) is 43.5 Å². The van der Waals surface area contributed by atoms with E-state index in [0.29, 0.717) is 5.92 Å². The molecular formula is C36H47N2O3+. The zero-order chi connectivity index (χ0) is 28.7. The molecule has 3 aliphatic rings. The molecule has 3 aromatic rings. The summed E-state index contributed by atoms with van der Waals surface area (Å²) in [5.41, 5.74) is 1.53. The fourth-order valence-electron chi connectivity index (χ4n) is 8.50. The molecule has 41 heavy (non-hydrogen) atoms. The second kappa shape index (κ2) is 11.1. The number of amides is 1. The van der Waals surface area contributed by atoms with Crippen molar-refractivity contribution in [3.05, 3.63) is 77.9 Å². The first kappa shape index (κ1) is 28.2. The number of likely N-dealkylation sites (tertiary alicyclic amines) is 1. The molecule has 1 unspecified atom stereocenters. The van der Waals surface area contributed by atoms with Gasteiger partial charge in [-0.05, 0) is 72.7 Å². The van der Waals surface area contributed by atoms with Crippen LogP contribution in [0.15, 0.2) is 66.7 Å². The summed E-state index contributed by atoms with van der Waals surface area (Å²) >= 11 is 0. The Balaban J connectivity index is 1.33. The van der Waals surface area contributed by atoms with Gasteiger partial charge in [-0.25, -0.2) is 0 Å². The molecule has 5 nitrogen and oxygen atoms in total. The van der Waals surface area contributed by atoms with E-state index >= 15 is 0 Å². The SMILES string of the molecule is COc1cccc([C@]23CC[N@+](CC(C)C)(CC4CC4)CC2(OC)CC[C@H](NC(=O)c2ccc4ccccc4c2)C3)c1. The van der Waals surface area contributed by atoms with Gasteiger partial charge in [0.05, 0.1) is 26.7 Å². The number of carbonyl (C=O) groups excluding carboxylic acids is 1. The number of benzene rings is 3. The monoisotopic (exact) mass is 555 g/mol. The second-order valence-electron chi connectivity index (χ2n) is 13.7. The first-order valence-corrected chi connectivity index (χ1v) is 15.6. The molecule has 0 spiro atoms. The largest absolute Gasteiger partial charge is 0.497 e. The van der Waals surface area contributed by atoms with Crippen molar-refractivity contribution in [1.82, 2.24) is 5.32 Å². The molecule has 1 saturated heterocycles. The Kier molecular flexibility index (Phi) is 7.63. The molecule has 3 aromatic carbocycles. The maximum absolute atomic E-state index is 13.6. The lowest BCUT2D eigenvalue weighted by atomic mass is 9.54. The zero-order valence-electron chi connectivity index (χ0n) is 25.3. The summed E-state index contributed by atoms with van der Waals surface area (Å²) in [4.78, 5) is 13.6. The van der Waals surface area contributed by atoms with Crippen molar-refractivity contribution in [2.45, 2.75) is 69.4 Å². The van der Waals surface area contributed by atoms with Gasteiger partial charge in [-0.2, -0.15) is 0 Å². The Bertz CT molecular complexity index is 1390. The third-order valence-electron chi connectivity index (χ3n) is 10.4. The fraction of sp³-hybridized carbons (Fsp3) is 0.528. The third-order valence-corrected chi connectivity index (χ3v) is 10.4. The molecule has 2 saturated carbocycles. The van der Waals surface area contributed by atoms with Gasteiger partial charge in [0.25, 0.3) is 5.91 Å². The topological polar surface area (TPSA) is 47.6 Å². The van der Waals surface area contributed by atoms with Crippen LogP contribution >= 0.6 is 0 Å². The number of carbonyl (C=O) groups is 1. The average Bonchev–Trinajstić information content (AvgIpc) is 3.80. The van der Waals surface area contributed by atoms with Crippen LogP contribution in [0, 0.1) is 11.8 Å². The van der Waals surface area contributed by atoms with Crippen molar-refractivity contribution < 1.29 is 18.8 Å². The average molecular weight is 556 g/mol. The van der Waals surface area contributed by atoms with Gasteiger partial charge < -0.3 is 19.3 Å². The lowest BCUT2D eigenvalue weighted by Crippen LogP contribution is -2.73. The highest BCUT2D eigenvalue weighted by Gasteiger charge is 2.64. The Labute approximate surface area is 245 Å². The predicted molar refractivity (Wildman–Crippen MR) is 165 cm³/mol. The van der Waals surface area contributed by atoms with Crippen LogP contribution in [0.3, 0.4) is 0 Å². The number of hydrogen-bond donors (Lipinski definition) is 1. The van der Waals surface area contributed by atoms with E-state index in [0.717, 1.165) is 71.3 Å². The summed E-state index contributed by atoms with van der Waals surface area (Å²) in [6.45, 7) is 9.42. The zero-order valence-corrected chi connectivity index (χ0v) is 25.3. The fourth-order valence-corrected chi connectivity index (χ4v) is 8.50. The van der Waals surface area contributed by atoms with Crippen LogP contribution in [-0.2, 0) is 10.2 Å². The first-order valence-electron chi connectivity index (χ1n) is 15.6. The molecule has 1 aliphatic heterocycles. The molecule has 0 bridgehead atoms. The summed E-state index contributed by atoms with van der Waals surface area (Å²) < 4.78 is 13.6. The number of hydrogen-bond acceptors (Lipinski definition) is 3. The normalized spacial score (nSPS) is 29.7. The van der Waals surface area contributed by atoms with Crippen molar-refractivity contribution in [2.75, 3.05) is 40.4 Å². The summed E-state index contributed by atoms with van der Waals surface area (Å²) in [5.74, 6) is 2.41. The molecule has 0 radical (unpaired) electrons. The lowest BCUT2D eigenvalue weighted by Gasteiger charge is -2.62. The maximum Gasteiger partial charge on any atom is 0.251 e. The van der Waals surface area contributed by atoms with Crippen molar-refractivity contribution in [3.8, 4) is 5.75 Å².